The third-order valence-corrected chi connectivity index (χ3v) is 5.20. The molecule has 20 heavy (non-hydrogen) atoms. The van der Waals surface area contributed by atoms with Gasteiger partial charge in [0.15, 0.2) is 0 Å². The normalized spacial score (nSPS) is 28.9. The third-order valence-electron chi connectivity index (χ3n) is 5.20. The van der Waals surface area contributed by atoms with Crippen LogP contribution < -0.4 is 10.6 Å². The van der Waals surface area contributed by atoms with Crippen molar-refractivity contribution in [1.82, 2.24) is 10.6 Å². The zero-order valence-corrected chi connectivity index (χ0v) is 13.1. The average Bonchev–Trinajstić information content (AvgIpc) is 2.69. The first-order chi connectivity index (χ1) is 9.75. The van der Waals surface area contributed by atoms with Gasteiger partial charge in [0.1, 0.15) is 0 Å². The van der Waals surface area contributed by atoms with E-state index in [1.165, 1.54) is 64.2 Å². The van der Waals surface area contributed by atoms with Gasteiger partial charge in [0.2, 0.25) is 5.91 Å². The van der Waals surface area contributed by atoms with Gasteiger partial charge in [0.05, 0.1) is 6.54 Å². The van der Waals surface area contributed by atoms with Gasteiger partial charge in [-0.25, -0.2) is 0 Å². The van der Waals surface area contributed by atoms with Crippen molar-refractivity contribution in [2.24, 2.45) is 11.8 Å². The molecule has 0 spiro atoms. The van der Waals surface area contributed by atoms with Crippen molar-refractivity contribution in [3.8, 4) is 0 Å². The summed E-state index contributed by atoms with van der Waals surface area (Å²) in [6, 6.07) is 0.431. The fraction of sp³-hybridized carbons (Fsp3) is 0.941. The Hall–Kier alpha value is -0.570. The molecule has 3 nitrogen and oxygen atoms in total. The summed E-state index contributed by atoms with van der Waals surface area (Å²) in [5.74, 6) is 1.79. The summed E-state index contributed by atoms with van der Waals surface area (Å²) in [6.45, 7) is 3.87. The lowest BCUT2D eigenvalue weighted by atomic mass is 9.80. The van der Waals surface area contributed by atoms with Crippen molar-refractivity contribution in [2.45, 2.75) is 77.2 Å². The van der Waals surface area contributed by atoms with Gasteiger partial charge in [-0.15, -0.1) is 0 Å². The molecule has 2 saturated carbocycles. The molecule has 2 aliphatic rings. The van der Waals surface area contributed by atoms with Gasteiger partial charge in [-0.3, -0.25) is 4.79 Å². The van der Waals surface area contributed by atoms with Crippen LogP contribution in [-0.2, 0) is 4.79 Å². The topological polar surface area (TPSA) is 41.1 Å². The van der Waals surface area contributed by atoms with E-state index in [4.69, 9.17) is 0 Å². The van der Waals surface area contributed by atoms with Crippen molar-refractivity contribution in [3.63, 3.8) is 0 Å². The summed E-state index contributed by atoms with van der Waals surface area (Å²) in [5.41, 5.74) is 0. The van der Waals surface area contributed by atoms with E-state index >= 15 is 0 Å². The summed E-state index contributed by atoms with van der Waals surface area (Å²) in [6.07, 6.45) is 13.0. The monoisotopic (exact) mass is 280 g/mol. The van der Waals surface area contributed by atoms with Crippen LogP contribution in [0.2, 0.25) is 0 Å². The van der Waals surface area contributed by atoms with E-state index in [1.54, 1.807) is 0 Å². The zero-order valence-electron chi connectivity index (χ0n) is 13.1. The summed E-state index contributed by atoms with van der Waals surface area (Å²) in [4.78, 5) is 12.0. The summed E-state index contributed by atoms with van der Waals surface area (Å²) in [7, 11) is 0. The van der Waals surface area contributed by atoms with Crippen molar-refractivity contribution >= 4 is 5.91 Å². The van der Waals surface area contributed by atoms with Gasteiger partial charge in [0.25, 0.3) is 0 Å². The molecule has 3 heteroatoms. The molecule has 2 aliphatic carbocycles. The molecule has 1 amide bonds. The molecule has 2 rings (SSSR count). The first-order valence-electron chi connectivity index (χ1n) is 8.76. The largest absolute Gasteiger partial charge is 0.352 e. The second kappa shape index (κ2) is 8.66. The van der Waals surface area contributed by atoms with Crippen LogP contribution in [0.1, 0.15) is 71.1 Å². The average molecular weight is 280 g/mol. The Labute approximate surface area is 124 Å². The van der Waals surface area contributed by atoms with Gasteiger partial charge in [-0.2, -0.15) is 0 Å². The molecule has 2 unspecified atom stereocenters. The van der Waals surface area contributed by atoms with Gasteiger partial charge >= 0.3 is 0 Å². The Morgan fingerprint density at radius 1 is 0.950 bits per heavy atom. The van der Waals surface area contributed by atoms with E-state index in [0.29, 0.717) is 12.6 Å². The maximum absolute atomic E-state index is 12.0. The molecule has 0 aromatic carbocycles. The number of carbonyl (C=O) groups is 1. The van der Waals surface area contributed by atoms with Crippen LogP contribution in [0.3, 0.4) is 0 Å². The Kier molecular flexibility index (Phi) is 6.85. The zero-order chi connectivity index (χ0) is 14.2. The van der Waals surface area contributed by atoms with E-state index in [0.717, 1.165) is 18.4 Å². The van der Waals surface area contributed by atoms with Crippen LogP contribution in [0, 0.1) is 11.8 Å². The Balaban J connectivity index is 1.59. The van der Waals surface area contributed by atoms with E-state index in [9.17, 15) is 4.79 Å². The van der Waals surface area contributed by atoms with Crippen LogP contribution in [0.4, 0.5) is 0 Å². The second-order valence-corrected chi connectivity index (χ2v) is 6.91. The highest BCUT2D eigenvalue weighted by atomic mass is 16.1. The molecular weight excluding hydrogens is 248 g/mol. The quantitative estimate of drug-likeness (QED) is 0.759. The number of rotatable bonds is 5. The highest BCUT2D eigenvalue weighted by Gasteiger charge is 2.21. The lowest BCUT2D eigenvalue weighted by molar-refractivity contribution is -0.121. The molecule has 2 fully saturated rings. The number of nitrogens with one attached hydrogen (secondary N) is 2. The fourth-order valence-electron chi connectivity index (χ4n) is 3.77. The number of hydrogen-bond acceptors (Lipinski definition) is 2. The second-order valence-electron chi connectivity index (χ2n) is 6.91. The van der Waals surface area contributed by atoms with Crippen LogP contribution in [0.15, 0.2) is 0 Å². The standard InChI is InChI=1S/C17H32N2O/c1-14-8-6-7-9-15(14)12-18-13-17(20)19-16-10-4-2-3-5-11-16/h14-16,18H,2-13H2,1H3,(H,19,20). The van der Waals surface area contributed by atoms with Crippen molar-refractivity contribution in [3.05, 3.63) is 0 Å². The SMILES string of the molecule is CC1CCCCC1CNCC(=O)NC1CCCCCC1. The minimum Gasteiger partial charge on any atom is -0.352 e. The van der Waals surface area contributed by atoms with Gasteiger partial charge in [-0.05, 0) is 37.6 Å². The van der Waals surface area contributed by atoms with Gasteiger partial charge < -0.3 is 10.6 Å². The minimum absolute atomic E-state index is 0.195. The predicted molar refractivity (Wildman–Crippen MR) is 83.6 cm³/mol. The van der Waals surface area contributed by atoms with Crippen molar-refractivity contribution in [1.29, 1.82) is 0 Å². The molecule has 0 aliphatic heterocycles. The summed E-state index contributed by atoms with van der Waals surface area (Å²) in [5, 5.41) is 6.58. The predicted octanol–water partition coefficient (Wildman–Crippen LogP) is 3.24. The molecule has 0 radical (unpaired) electrons. The summed E-state index contributed by atoms with van der Waals surface area (Å²) < 4.78 is 0. The first-order valence-corrected chi connectivity index (χ1v) is 8.76. The maximum Gasteiger partial charge on any atom is 0.234 e. The van der Waals surface area contributed by atoms with Crippen molar-refractivity contribution in [2.75, 3.05) is 13.1 Å². The van der Waals surface area contributed by atoms with E-state index in [2.05, 4.69) is 17.6 Å². The Bertz CT molecular complexity index is 285. The van der Waals surface area contributed by atoms with Crippen LogP contribution >= 0.6 is 0 Å². The molecule has 0 aromatic heterocycles. The van der Waals surface area contributed by atoms with Gasteiger partial charge in [0, 0.05) is 6.04 Å². The third kappa shape index (κ3) is 5.43. The maximum atomic E-state index is 12.0. The number of amides is 1. The smallest absolute Gasteiger partial charge is 0.234 e. The molecule has 0 heterocycles. The number of carbonyl (C=O) groups excluding carboxylic acids is 1. The molecule has 0 bridgehead atoms. The highest BCUT2D eigenvalue weighted by Crippen LogP contribution is 2.28. The van der Waals surface area contributed by atoms with E-state index in [1.807, 2.05) is 0 Å². The summed E-state index contributed by atoms with van der Waals surface area (Å²) >= 11 is 0. The highest BCUT2D eigenvalue weighted by molar-refractivity contribution is 5.78. The number of hydrogen-bond donors (Lipinski definition) is 2. The molecule has 0 aromatic rings. The molecule has 0 saturated heterocycles. The van der Waals surface area contributed by atoms with E-state index in [-0.39, 0.29) is 5.91 Å². The minimum atomic E-state index is 0.195. The lowest BCUT2D eigenvalue weighted by Gasteiger charge is -2.28. The van der Waals surface area contributed by atoms with Crippen molar-refractivity contribution < 1.29 is 4.79 Å². The fourth-order valence-corrected chi connectivity index (χ4v) is 3.77. The Morgan fingerprint density at radius 3 is 2.30 bits per heavy atom. The van der Waals surface area contributed by atoms with Crippen LogP contribution in [0.25, 0.3) is 0 Å². The molecule has 2 atom stereocenters. The van der Waals surface area contributed by atoms with Crippen LogP contribution in [-0.4, -0.2) is 25.0 Å². The van der Waals surface area contributed by atoms with Crippen LogP contribution in [0.5, 0.6) is 0 Å². The Morgan fingerprint density at radius 2 is 1.60 bits per heavy atom. The lowest BCUT2D eigenvalue weighted by Crippen LogP contribution is -2.42. The molecule has 116 valence electrons. The van der Waals surface area contributed by atoms with E-state index < -0.39 is 0 Å². The molecule has 2 N–H and O–H groups in total. The first kappa shape index (κ1) is 15.8. The molecular formula is C17H32N2O. The van der Waals surface area contributed by atoms with Gasteiger partial charge in [-0.1, -0.05) is 51.9 Å².